The summed E-state index contributed by atoms with van der Waals surface area (Å²) in [6, 6.07) is -6.00. The molecule has 0 aliphatic carbocycles. The second kappa shape index (κ2) is 45.6. The molecule has 11 heterocycles. The summed E-state index contributed by atoms with van der Waals surface area (Å²) < 4.78 is 126. The monoisotopic (exact) mass is 1880 g/mol. The molecule has 0 saturated carbocycles. The smallest absolute Gasteiger partial charge is 0.217 e. The van der Waals surface area contributed by atoms with Crippen molar-refractivity contribution in [2.75, 3.05) is 66.1 Å². The quantitative estimate of drug-likeness (QED) is 0.0290. The number of amides is 3. The van der Waals surface area contributed by atoms with Crippen LogP contribution in [0.1, 0.15) is 27.7 Å². The fraction of sp³-hybridized carbons (Fsp3) is 0.958. The van der Waals surface area contributed by atoms with Gasteiger partial charge in [0.2, 0.25) is 17.7 Å². The maximum atomic E-state index is 13.5. The Bertz CT molecular complexity index is 3440. The lowest BCUT2D eigenvalue weighted by molar-refractivity contribution is -0.408. The Morgan fingerprint density at radius 1 is 0.219 bits per heavy atom. The first-order valence-electron chi connectivity index (χ1n) is 40.9. The van der Waals surface area contributed by atoms with Gasteiger partial charge in [0.15, 0.2) is 69.2 Å². The zero-order valence-electron chi connectivity index (χ0n) is 68.5. The summed E-state index contributed by atoms with van der Waals surface area (Å²) in [4.78, 5) is 39.7. The molecule has 0 aromatic heterocycles. The van der Waals surface area contributed by atoms with Crippen molar-refractivity contribution in [1.29, 1.82) is 0 Å². The van der Waals surface area contributed by atoms with E-state index in [1.54, 1.807) is 0 Å². The van der Waals surface area contributed by atoms with Gasteiger partial charge in [-0.3, -0.25) is 14.4 Å². The molecule has 0 unspecified atom stereocenters. The van der Waals surface area contributed by atoms with Gasteiger partial charge in [0, 0.05) is 20.8 Å². The molecule has 742 valence electrons. The van der Waals surface area contributed by atoms with Gasteiger partial charge in [-0.2, -0.15) is 0 Å². The zero-order valence-corrected chi connectivity index (χ0v) is 68.5. The molecule has 128 heavy (non-hydrogen) atoms. The molecule has 11 saturated heterocycles. The number of aliphatic hydroxyl groups is 30. The van der Waals surface area contributed by atoms with E-state index in [9.17, 15) is 168 Å². The molecule has 0 radical (unpaired) electrons. The third-order valence-electron chi connectivity index (χ3n) is 23.8. The number of hydrogen-bond acceptors (Lipinski definition) is 54. The van der Waals surface area contributed by atoms with Crippen LogP contribution in [-0.4, -0.2) is 568 Å². The van der Waals surface area contributed by atoms with E-state index in [0.717, 1.165) is 20.8 Å². The summed E-state index contributed by atoms with van der Waals surface area (Å²) in [7, 11) is 0. The lowest BCUT2D eigenvalue weighted by atomic mass is 9.93. The number of nitrogens with one attached hydrogen (secondary N) is 3. The van der Waals surface area contributed by atoms with E-state index in [1.165, 1.54) is 6.92 Å². The number of hydrogen-bond donors (Lipinski definition) is 33. The molecule has 11 aliphatic rings. The predicted octanol–water partition coefficient (Wildman–Crippen LogP) is -22.9. The number of ether oxygens (including phenoxy) is 21. The maximum Gasteiger partial charge on any atom is 0.217 e. The van der Waals surface area contributed by atoms with Crippen LogP contribution in [0.25, 0.3) is 0 Å². The average molecular weight is 1880 g/mol. The Morgan fingerprint density at radius 3 is 1.00 bits per heavy atom. The Labute approximate surface area is 724 Å². The van der Waals surface area contributed by atoms with Gasteiger partial charge in [-0.15, -0.1) is 0 Å². The molecule has 57 nitrogen and oxygen atoms in total. The van der Waals surface area contributed by atoms with Crippen molar-refractivity contribution in [3.05, 3.63) is 0 Å². The van der Waals surface area contributed by atoms with Crippen molar-refractivity contribution in [2.24, 2.45) is 0 Å². The topological polar surface area (TPSA) is 888 Å². The molecule has 54 atom stereocenters. The average Bonchev–Trinajstić information content (AvgIpc) is 0.876. The highest BCUT2D eigenvalue weighted by atomic mass is 16.8. The molecule has 11 fully saturated rings. The second-order valence-electron chi connectivity index (χ2n) is 32.6. The first-order chi connectivity index (χ1) is 60.6. The van der Waals surface area contributed by atoms with Crippen LogP contribution >= 0.6 is 0 Å². The zero-order chi connectivity index (χ0) is 94.0. The Morgan fingerprint density at radius 2 is 0.508 bits per heavy atom. The van der Waals surface area contributed by atoms with Gasteiger partial charge in [0.25, 0.3) is 0 Å². The number of carbonyl (C=O) groups excluding carboxylic acids is 3. The standard InChI is InChI=1S/C71H119N3O54/c1-15-32(86)42(96)49(103)66(110-15)124-56-30(73-17(3)84)61(107)111-26(12-82)54(56)122-62-29(72-16(2)83)41(95)53(25(11-81)118-62)121-71-60(128-67-47(101)37(91)23(9-79)116-67)58(126-70-59(46(100)36(90)22(8-78)117-70)127-63-31(74-18(4)85)55(38(92)24(10-80)112-63)123-68-50(104)44(98)34(88)20(6-76)114-68)40(94)28(120-71)14-109-65-52(106)57(125-69-51(105)45(99)35(89)21(7-77)115-69)39(93)27(119-65)13-108-64-48(102)43(97)33(87)19(5-75)113-64/h15,19-71,75-82,86-107H,5-14H2,1-4H3,(H,72,83)(H,73,84)(H,74,85)/t15-,19+,20+,21+,22+,23+,24+,25+,26+,27+,28+,29+,30+,31+,32+,33+,34-,35+,36+,37-,38+,39+,40+,41+,42+,43-,44-,45-,46-,47+,48-,49-,50+,51-,52-,53+,54+,55+,56+,57-,58-,59-,60-,61+,62-,63-,64-,65-,66-,67-,68-,69+,70+,71-/m0/s1. The van der Waals surface area contributed by atoms with Crippen LogP contribution in [-0.2, 0) is 114 Å². The van der Waals surface area contributed by atoms with Crippen LogP contribution in [0.4, 0.5) is 0 Å². The number of carbonyl (C=O) groups is 3. The lowest BCUT2D eigenvalue weighted by Gasteiger charge is -2.52. The summed E-state index contributed by atoms with van der Waals surface area (Å²) in [5, 5.41) is 343. The summed E-state index contributed by atoms with van der Waals surface area (Å²) in [6.07, 6.45) is -110. The lowest BCUT2D eigenvalue weighted by Crippen LogP contribution is -2.71. The van der Waals surface area contributed by atoms with Crippen LogP contribution in [0.2, 0.25) is 0 Å². The van der Waals surface area contributed by atoms with E-state index in [-0.39, 0.29) is 0 Å². The molecule has 0 spiro atoms. The van der Waals surface area contributed by atoms with E-state index in [4.69, 9.17) is 99.5 Å². The third-order valence-corrected chi connectivity index (χ3v) is 23.8. The molecule has 0 bridgehead atoms. The fourth-order valence-corrected chi connectivity index (χ4v) is 16.6. The Hall–Kier alpha value is -3.63. The second-order valence-corrected chi connectivity index (χ2v) is 32.6. The molecule has 33 N–H and O–H groups in total. The highest BCUT2D eigenvalue weighted by molar-refractivity contribution is 5.74. The number of aliphatic hydroxyl groups excluding tert-OH is 30. The van der Waals surface area contributed by atoms with E-state index in [0.29, 0.717) is 0 Å². The SMILES string of the molecule is CC(=O)N[C@@H]1[C@@H](O[C@@H]2O[C@@H](C)[C@@H](O)[C@@H](O)[C@@H]2O)[C@H](O[C@@H]2O[C@H](CO)[C@@H](O[C@@H]3O[C@H](CO[C@H]4O[C@H](CO[C@H]5O[C@H](CO)[C@@H](O)[C@H](O)[C@@H]5O)[C@@H](O)[C@H](O[C@H]5O[C@H](CO)[C@@H](O)[C@H](O)[C@@H]5O)[C@@H]4O)[C@@H](O)[C@H](O[C@H]4O[C@H](CO)[C@@H](O)[C@H](O)[C@@H]4O[C@@H]4O[C@H](CO)[C@@H](O)[C@H](O[C@@H]5O[C@H](CO)[C@H](O)[C@H](O)[C@H]5O)[C@H]4NC(C)=O)[C@@H]3O[C@@H]3O[C@H](CO)[C@H](O)[C@H]3O)[C@H](O)[C@H]2NC(C)=O)[C@@H](CO)O[C@H]1O. The first-order valence-corrected chi connectivity index (χ1v) is 40.9. The molecule has 0 aromatic rings. The van der Waals surface area contributed by atoms with Crippen LogP contribution in [0, 0.1) is 0 Å². The fourth-order valence-electron chi connectivity index (χ4n) is 16.6. The van der Waals surface area contributed by atoms with E-state index in [2.05, 4.69) is 16.0 Å². The van der Waals surface area contributed by atoms with Gasteiger partial charge < -0.3 is 269 Å². The summed E-state index contributed by atoms with van der Waals surface area (Å²) in [5.41, 5.74) is 0. The van der Waals surface area contributed by atoms with Gasteiger partial charge in [0.05, 0.1) is 72.2 Å². The molecule has 3 amide bonds. The van der Waals surface area contributed by atoms with Gasteiger partial charge in [-0.05, 0) is 6.92 Å². The maximum absolute atomic E-state index is 13.5. The van der Waals surface area contributed by atoms with E-state index >= 15 is 0 Å². The normalized spacial score (nSPS) is 51.0. The molecule has 11 aliphatic heterocycles. The summed E-state index contributed by atoms with van der Waals surface area (Å²) >= 11 is 0. The van der Waals surface area contributed by atoms with Crippen LogP contribution in [0.3, 0.4) is 0 Å². The minimum atomic E-state index is -2.66. The van der Waals surface area contributed by atoms with Gasteiger partial charge in [0.1, 0.15) is 256 Å². The molecule has 0 aromatic carbocycles. The van der Waals surface area contributed by atoms with Crippen molar-refractivity contribution in [1.82, 2.24) is 16.0 Å². The molecule has 57 heteroatoms. The molecular weight excluding hydrogens is 1760 g/mol. The van der Waals surface area contributed by atoms with Crippen LogP contribution in [0.5, 0.6) is 0 Å². The van der Waals surface area contributed by atoms with E-state index < -0.39 is 415 Å². The van der Waals surface area contributed by atoms with Crippen molar-refractivity contribution in [3.63, 3.8) is 0 Å². The highest BCUT2D eigenvalue weighted by Gasteiger charge is 2.63. The highest BCUT2D eigenvalue weighted by Crippen LogP contribution is 2.42. The van der Waals surface area contributed by atoms with Crippen LogP contribution < -0.4 is 16.0 Å². The number of rotatable bonds is 33. The van der Waals surface area contributed by atoms with Crippen LogP contribution in [0.15, 0.2) is 0 Å². The third kappa shape index (κ3) is 22.6. The Balaban J connectivity index is 1.01. The van der Waals surface area contributed by atoms with Crippen molar-refractivity contribution < 1.29 is 267 Å². The molecular formula is C71H119N3O54. The minimum Gasteiger partial charge on any atom is -0.394 e. The first kappa shape index (κ1) is 105. The van der Waals surface area contributed by atoms with Crippen molar-refractivity contribution in [3.8, 4) is 0 Å². The van der Waals surface area contributed by atoms with E-state index in [1.807, 2.05) is 0 Å². The summed E-state index contributed by atoms with van der Waals surface area (Å²) in [6.45, 7) is -7.59. The largest absolute Gasteiger partial charge is 0.394 e. The van der Waals surface area contributed by atoms with Gasteiger partial charge in [-0.1, -0.05) is 0 Å². The van der Waals surface area contributed by atoms with Crippen molar-refractivity contribution in [2.45, 2.75) is 359 Å². The van der Waals surface area contributed by atoms with Gasteiger partial charge >= 0.3 is 0 Å². The predicted molar refractivity (Wildman–Crippen MR) is 390 cm³/mol. The van der Waals surface area contributed by atoms with Crippen molar-refractivity contribution >= 4 is 17.7 Å². The molecule has 11 rings (SSSR count). The minimum absolute atomic E-state index is 0.887. The van der Waals surface area contributed by atoms with Gasteiger partial charge in [-0.25, -0.2) is 0 Å². The summed E-state index contributed by atoms with van der Waals surface area (Å²) in [5.74, 6) is -2.97. The Kier molecular flexibility index (Phi) is 37.3.